The highest BCUT2D eigenvalue weighted by Gasteiger charge is 2.54. The molecule has 4 bridgehead atoms. The Morgan fingerprint density at radius 2 is 1.87 bits per heavy atom. The number of amides is 2. The van der Waals surface area contributed by atoms with E-state index in [2.05, 4.69) is 11.4 Å². The van der Waals surface area contributed by atoms with E-state index in [4.69, 9.17) is 14.4 Å². The number of ether oxygens (including phenoxy) is 1. The van der Waals surface area contributed by atoms with Gasteiger partial charge in [0.05, 0.1) is 18.8 Å². The summed E-state index contributed by atoms with van der Waals surface area (Å²) in [5.74, 6) is 0.622. The molecule has 1 N–H and O–H groups in total. The summed E-state index contributed by atoms with van der Waals surface area (Å²) in [4.78, 5) is 38.7. The molecule has 4 aliphatic carbocycles. The second-order valence-corrected chi connectivity index (χ2v) is 8.92. The molecule has 160 valence electrons. The van der Waals surface area contributed by atoms with Gasteiger partial charge in [0.2, 0.25) is 0 Å². The van der Waals surface area contributed by atoms with Gasteiger partial charge in [0.1, 0.15) is 6.54 Å². The molecule has 0 aromatic carbocycles. The predicted octanol–water partition coefficient (Wildman–Crippen LogP) is 2.26. The van der Waals surface area contributed by atoms with Crippen LogP contribution in [-0.2, 0) is 14.3 Å². The molecule has 1 aromatic heterocycles. The van der Waals surface area contributed by atoms with E-state index in [-0.39, 0.29) is 36.8 Å². The number of hydrogen-bond donors (Lipinski definition) is 1. The van der Waals surface area contributed by atoms with Crippen LogP contribution in [0.2, 0.25) is 0 Å². The van der Waals surface area contributed by atoms with Gasteiger partial charge in [-0.15, -0.1) is 0 Å². The number of hydrogen-bond acceptors (Lipinski definition) is 6. The fourth-order valence-electron chi connectivity index (χ4n) is 6.10. The first kappa shape index (κ1) is 20.5. The molecule has 2 amide bonds. The summed E-state index contributed by atoms with van der Waals surface area (Å²) in [5, 5.41) is 11.5. The summed E-state index contributed by atoms with van der Waals surface area (Å²) in [5.41, 5.74) is -0.192. The Labute approximate surface area is 175 Å². The van der Waals surface area contributed by atoms with Crippen LogP contribution in [0.3, 0.4) is 0 Å². The molecular formula is C22H27N3O5. The molecule has 1 aromatic rings. The Hall–Kier alpha value is -2.82. The van der Waals surface area contributed by atoms with E-state index in [1.807, 2.05) is 4.90 Å². The number of nitrogens with one attached hydrogen (secondary N) is 1. The number of carbonyl (C=O) groups excluding carboxylic acids is 3. The molecular weight excluding hydrogens is 386 g/mol. The van der Waals surface area contributed by atoms with Crippen LogP contribution in [0, 0.1) is 29.1 Å². The monoisotopic (exact) mass is 413 g/mol. The number of rotatable bonds is 8. The van der Waals surface area contributed by atoms with Gasteiger partial charge < -0.3 is 19.4 Å². The molecule has 1 heterocycles. The molecule has 0 aliphatic heterocycles. The fraction of sp³-hybridized carbons (Fsp3) is 0.636. The number of furan rings is 1. The average Bonchev–Trinajstić information content (AvgIpc) is 3.24. The minimum atomic E-state index is -0.686. The van der Waals surface area contributed by atoms with E-state index >= 15 is 0 Å². The lowest BCUT2D eigenvalue weighted by atomic mass is 9.52. The van der Waals surface area contributed by atoms with Gasteiger partial charge in [-0.3, -0.25) is 14.4 Å². The zero-order valence-corrected chi connectivity index (χ0v) is 17.0. The molecule has 0 spiro atoms. The van der Waals surface area contributed by atoms with E-state index in [1.54, 1.807) is 6.07 Å². The van der Waals surface area contributed by atoms with Gasteiger partial charge in [0, 0.05) is 12.1 Å². The summed E-state index contributed by atoms with van der Waals surface area (Å²) < 4.78 is 10.1. The van der Waals surface area contributed by atoms with Gasteiger partial charge in [0.15, 0.2) is 12.4 Å². The highest BCUT2D eigenvalue weighted by atomic mass is 16.5. The molecule has 0 unspecified atom stereocenters. The quantitative estimate of drug-likeness (QED) is 0.654. The van der Waals surface area contributed by atoms with Crippen LogP contribution in [0.25, 0.3) is 0 Å². The highest BCUT2D eigenvalue weighted by Crippen LogP contribution is 2.57. The van der Waals surface area contributed by atoms with E-state index in [0.717, 1.165) is 19.3 Å². The van der Waals surface area contributed by atoms with Gasteiger partial charge in [-0.2, -0.15) is 5.26 Å². The Balaban J connectivity index is 1.33. The average molecular weight is 413 g/mol. The first-order chi connectivity index (χ1) is 14.5. The second-order valence-electron chi connectivity index (χ2n) is 8.92. The van der Waals surface area contributed by atoms with Crippen molar-refractivity contribution in [2.45, 2.75) is 50.5 Å². The van der Waals surface area contributed by atoms with E-state index < -0.39 is 11.9 Å². The zero-order chi connectivity index (χ0) is 21.1. The Bertz CT molecular complexity index is 806. The zero-order valence-electron chi connectivity index (χ0n) is 17.0. The van der Waals surface area contributed by atoms with Gasteiger partial charge >= 0.3 is 5.97 Å². The van der Waals surface area contributed by atoms with Crippen molar-refractivity contribution in [3.63, 3.8) is 0 Å². The maximum absolute atomic E-state index is 13.0. The summed E-state index contributed by atoms with van der Waals surface area (Å²) in [7, 11) is 0. The summed E-state index contributed by atoms with van der Waals surface area (Å²) >= 11 is 0. The van der Waals surface area contributed by atoms with Gasteiger partial charge in [-0.1, -0.05) is 0 Å². The molecule has 4 fully saturated rings. The first-order valence-electron chi connectivity index (χ1n) is 10.6. The summed E-state index contributed by atoms with van der Waals surface area (Å²) in [6.45, 7) is -0.348. The lowest BCUT2D eigenvalue weighted by Gasteiger charge is -2.60. The van der Waals surface area contributed by atoms with Gasteiger partial charge in [-0.25, -0.2) is 0 Å². The first-order valence-corrected chi connectivity index (χ1v) is 10.6. The van der Waals surface area contributed by atoms with Crippen LogP contribution in [0.5, 0.6) is 0 Å². The Morgan fingerprint density at radius 1 is 1.20 bits per heavy atom. The Kier molecular flexibility index (Phi) is 5.80. The van der Waals surface area contributed by atoms with Crippen molar-refractivity contribution >= 4 is 17.8 Å². The minimum Gasteiger partial charge on any atom is -0.459 e. The highest BCUT2D eigenvalue weighted by molar-refractivity contribution is 5.93. The summed E-state index contributed by atoms with van der Waals surface area (Å²) in [6, 6.07) is 5.20. The van der Waals surface area contributed by atoms with E-state index in [1.165, 1.54) is 31.6 Å². The Morgan fingerprint density at radius 3 is 2.43 bits per heavy atom. The van der Waals surface area contributed by atoms with Gasteiger partial charge in [0.25, 0.3) is 11.8 Å². The number of nitriles is 1. The van der Waals surface area contributed by atoms with Crippen molar-refractivity contribution in [3.05, 3.63) is 24.2 Å². The largest absolute Gasteiger partial charge is 0.459 e. The summed E-state index contributed by atoms with van der Waals surface area (Å²) in [6.07, 6.45) is 8.36. The predicted molar refractivity (Wildman–Crippen MR) is 105 cm³/mol. The molecule has 5 rings (SSSR count). The second kappa shape index (κ2) is 8.50. The van der Waals surface area contributed by atoms with E-state index in [9.17, 15) is 14.4 Å². The number of esters is 1. The van der Waals surface area contributed by atoms with Crippen LogP contribution in [0.4, 0.5) is 0 Å². The van der Waals surface area contributed by atoms with Crippen LogP contribution >= 0.6 is 0 Å². The van der Waals surface area contributed by atoms with Crippen molar-refractivity contribution in [3.8, 4) is 6.07 Å². The maximum Gasteiger partial charge on any atom is 0.325 e. The van der Waals surface area contributed by atoms with Crippen molar-refractivity contribution in [2.75, 3.05) is 19.7 Å². The normalized spacial score (nSPS) is 28.6. The van der Waals surface area contributed by atoms with Crippen LogP contribution in [-0.4, -0.2) is 47.9 Å². The van der Waals surface area contributed by atoms with Crippen molar-refractivity contribution in [2.24, 2.45) is 17.8 Å². The smallest absolute Gasteiger partial charge is 0.325 e. The van der Waals surface area contributed by atoms with Crippen LogP contribution in [0.1, 0.15) is 55.5 Å². The third-order valence-corrected chi connectivity index (χ3v) is 6.82. The molecule has 0 atom stereocenters. The third-order valence-electron chi connectivity index (χ3n) is 6.82. The molecule has 0 saturated heterocycles. The van der Waals surface area contributed by atoms with Crippen LogP contribution < -0.4 is 5.32 Å². The molecule has 30 heavy (non-hydrogen) atoms. The van der Waals surface area contributed by atoms with E-state index in [0.29, 0.717) is 24.3 Å². The minimum absolute atomic E-state index is 0.100. The number of carbonyl (C=O) groups is 3. The SMILES string of the molecule is N#CCCN(C(=O)COC(=O)CNC(=O)c1ccco1)C12CC3CC(CC(C3)C1)C2. The van der Waals surface area contributed by atoms with Crippen LogP contribution in [0.15, 0.2) is 22.8 Å². The topological polar surface area (TPSA) is 113 Å². The molecule has 4 aliphatic rings. The molecule has 8 heteroatoms. The third kappa shape index (κ3) is 4.20. The van der Waals surface area contributed by atoms with Crippen molar-refractivity contribution in [1.29, 1.82) is 5.26 Å². The van der Waals surface area contributed by atoms with Crippen molar-refractivity contribution in [1.82, 2.24) is 10.2 Å². The molecule has 0 radical (unpaired) electrons. The molecule has 4 saturated carbocycles. The maximum atomic E-state index is 13.0. The fourth-order valence-corrected chi connectivity index (χ4v) is 6.10. The standard InChI is InChI=1S/C22H27N3O5/c23-4-2-5-25(22-10-15-7-16(11-22)9-17(8-15)12-22)19(26)14-30-20(27)13-24-21(28)18-3-1-6-29-18/h1,3,6,15-17H,2,5,7-14H2,(H,24,28). The lowest BCUT2D eigenvalue weighted by molar-refractivity contribution is -0.161. The van der Waals surface area contributed by atoms with Crippen molar-refractivity contribution < 1.29 is 23.5 Å². The number of nitrogens with zero attached hydrogens (tertiary/aromatic N) is 2. The lowest BCUT2D eigenvalue weighted by Crippen LogP contribution is -2.62. The van der Waals surface area contributed by atoms with Gasteiger partial charge in [-0.05, 0) is 68.4 Å². The molecule has 8 nitrogen and oxygen atoms in total.